The molecule has 0 aromatic carbocycles. The molecule has 0 saturated heterocycles. The highest BCUT2D eigenvalue weighted by atomic mass is 16.5. The smallest absolute Gasteiger partial charge is 0.246 e. The van der Waals surface area contributed by atoms with Crippen LogP contribution in [0.15, 0.2) is 28.9 Å². The van der Waals surface area contributed by atoms with E-state index in [1.807, 2.05) is 20.8 Å². The van der Waals surface area contributed by atoms with E-state index >= 15 is 0 Å². The van der Waals surface area contributed by atoms with Crippen LogP contribution in [0.1, 0.15) is 38.9 Å². The highest BCUT2D eigenvalue weighted by Crippen LogP contribution is 2.17. The predicted molar refractivity (Wildman–Crippen MR) is 86.8 cm³/mol. The molecule has 0 aliphatic rings. The molecule has 2 heterocycles. The molecule has 128 valence electrons. The van der Waals surface area contributed by atoms with Crippen molar-refractivity contribution in [1.29, 1.82) is 0 Å². The highest BCUT2D eigenvalue weighted by molar-refractivity contribution is 5.90. The minimum absolute atomic E-state index is 0.0317. The van der Waals surface area contributed by atoms with Gasteiger partial charge in [-0.25, -0.2) is 4.98 Å². The largest absolute Gasteiger partial charge is 0.347 e. The van der Waals surface area contributed by atoms with Crippen LogP contribution in [0.5, 0.6) is 0 Å². The zero-order chi connectivity index (χ0) is 17.6. The Morgan fingerprint density at radius 3 is 2.67 bits per heavy atom. The lowest BCUT2D eigenvalue weighted by atomic mass is 9.92. The molecule has 2 amide bonds. The molecule has 0 bridgehead atoms. The molecule has 0 saturated carbocycles. The van der Waals surface area contributed by atoms with E-state index in [2.05, 4.69) is 25.8 Å². The second kappa shape index (κ2) is 7.67. The van der Waals surface area contributed by atoms with E-state index in [4.69, 9.17) is 4.52 Å². The maximum atomic E-state index is 11.9. The highest BCUT2D eigenvalue weighted by Gasteiger charge is 2.17. The molecule has 2 N–H and O–H groups in total. The standard InChI is InChI=1S/C16H21N5O3/c1-16(2,3)9-14(23)18-10-15-20-12(21-24-15)8-13(22)19-11-6-4-5-7-17-11/h4-7H,8-10H2,1-3H3,(H,18,23)(H,17,19,22). The molecule has 8 heteroatoms. The summed E-state index contributed by atoms with van der Waals surface area (Å²) in [7, 11) is 0. The summed E-state index contributed by atoms with van der Waals surface area (Å²) in [5, 5.41) is 9.08. The number of carbonyl (C=O) groups is 2. The van der Waals surface area contributed by atoms with Crippen LogP contribution in [0.4, 0.5) is 5.82 Å². The van der Waals surface area contributed by atoms with Crippen LogP contribution in [0, 0.1) is 5.41 Å². The van der Waals surface area contributed by atoms with E-state index in [9.17, 15) is 9.59 Å². The Labute approximate surface area is 140 Å². The van der Waals surface area contributed by atoms with Crippen LogP contribution >= 0.6 is 0 Å². The zero-order valence-electron chi connectivity index (χ0n) is 14.0. The van der Waals surface area contributed by atoms with Crippen molar-refractivity contribution >= 4 is 17.6 Å². The Morgan fingerprint density at radius 2 is 2.00 bits per heavy atom. The van der Waals surface area contributed by atoms with Gasteiger partial charge in [0.1, 0.15) is 5.82 Å². The Hall–Kier alpha value is -2.77. The molecule has 0 atom stereocenters. The molecule has 0 spiro atoms. The van der Waals surface area contributed by atoms with Gasteiger partial charge in [0.2, 0.25) is 17.7 Å². The maximum Gasteiger partial charge on any atom is 0.246 e. The fourth-order valence-electron chi connectivity index (χ4n) is 1.92. The number of anilines is 1. The summed E-state index contributed by atoms with van der Waals surface area (Å²) in [6, 6.07) is 5.22. The molecule has 2 aromatic rings. The average molecular weight is 331 g/mol. The molecular formula is C16H21N5O3. The summed E-state index contributed by atoms with van der Waals surface area (Å²) in [6.07, 6.45) is 1.96. The summed E-state index contributed by atoms with van der Waals surface area (Å²) >= 11 is 0. The number of hydrogen-bond acceptors (Lipinski definition) is 6. The van der Waals surface area contributed by atoms with Crippen LogP contribution in [0.3, 0.4) is 0 Å². The third-order valence-corrected chi connectivity index (χ3v) is 2.89. The number of rotatable bonds is 6. The van der Waals surface area contributed by atoms with Gasteiger partial charge >= 0.3 is 0 Å². The Kier molecular flexibility index (Phi) is 5.62. The van der Waals surface area contributed by atoms with Crippen molar-refractivity contribution in [2.24, 2.45) is 5.41 Å². The molecule has 0 aliphatic carbocycles. The van der Waals surface area contributed by atoms with Gasteiger partial charge in [-0.3, -0.25) is 9.59 Å². The number of nitrogens with zero attached hydrogens (tertiary/aromatic N) is 3. The van der Waals surface area contributed by atoms with Gasteiger partial charge in [-0.2, -0.15) is 4.98 Å². The maximum absolute atomic E-state index is 11.9. The van der Waals surface area contributed by atoms with E-state index in [0.29, 0.717) is 12.2 Å². The summed E-state index contributed by atoms with van der Waals surface area (Å²) in [5.41, 5.74) is -0.0896. The molecule has 0 unspecified atom stereocenters. The van der Waals surface area contributed by atoms with E-state index in [-0.39, 0.29) is 41.9 Å². The molecule has 0 aliphatic heterocycles. The first kappa shape index (κ1) is 17.6. The van der Waals surface area contributed by atoms with Crippen LogP contribution in [0.25, 0.3) is 0 Å². The van der Waals surface area contributed by atoms with Gasteiger partial charge in [0.05, 0.1) is 13.0 Å². The van der Waals surface area contributed by atoms with Gasteiger partial charge < -0.3 is 15.2 Å². The van der Waals surface area contributed by atoms with Crippen molar-refractivity contribution < 1.29 is 14.1 Å². The first-order valence-corrected chi connectivity index (χ1v) is 7.61. The van der Waals surface area contributed by atoms with Crippen molar-refractivity contribution in [3.8, 4) is 0 Å². The summed E-state index contributed by atoms with van der Waals surface area (Å²) in [4.78, 5) is 31.7. The summed E-state index contributed by atoms with van der Waals surface area (Å²) < 4.78 is 5.02. The lowest BCUT2D eigenvalue weighted by Crippen LogP contribution is -2.27. The quantitative estimate of drug-likeness (QED) is 0.833. The van der Waals surface area contributed by atoms with Crippen molar-refractivity contribution in [2.75, 3.05) is 5.32 Å². The molecule has 2 aromatic heterocycles. The van der Waals surface area contributed by atoms with Crippen LogP contribution in [0.2, 0.25) is 0 Å². The Bertz CT molecular complexity index is 691. The van der Waals surface area contributed by atoms with Crippen LogP contribution in [-0.4, -0.2) is 26.9 Å². The number of carbonyl (C=O) groups excluding carboxylic acids is 2. The zero-order valence-corrected chi connectivity index (χ0v) is 14.0. The van der Waals surface area contributed by atoms with Crippen LogP contribution in [-0.2, 0) is 22.6 Å². The van der Waals surface area contributed by atoms with Gasteiger partial charge in [-0.05, 0) is 17.5 Å². The van der Waals surface area contributed by atoms with Crippen molar-refractivity contribution in [2.45, 2.75) is 40.2 Å². The first-order chi connectivity index (χ1) is 11.3. The number of amides is 2. The predicted octanol–water partition coefficient (Wildman–Crippen LogP) is 1.70. The Morgan fingerprint density at radius 1 is 1.21 bits per heavy atom. The van der Waals surface area contributed by atoms with Crippen molar-refractivity contribution in [1.82, 2.24) is 20.4 Å². The number of pyridine rings is 1. The lowest BCUT2D eigenvalue weighted by molar-refractivity contribution is -0.123. The third kappa shape index (κ3) is 6.15. The summed E-state index contributed by atoms with van der Waals surface area (Å²) in [6.45, 7) is 6.09. The minimum Gasteiger partial charge on any atom is -0.347 e. The van der Waals surface area contributed by atoms with Crippen LogP contribution < -0.4 is 10.6 Å². The second-order valence-corrected chi connectivity index (χ2v) is 6.56. The molecular weight excluding hydrogens is 310 g/mol. The van der Waals surface area contributed by atoms with Gasteiger partial charge in [0.25, 0.3) is 0 Å². The fourth-order valence-corrected chi connectivity index (χ4v) is 1.92. The van der Waals surface area contributed by atoms with E-state index in [1.54, 1.807) is 24.4 Å². The van der Waals surface area contributed by atoms with Crippen molar-refractivity contribution in [3.05, 3.63) is 36.1 Å². The normalized spacial score (nSPS) is 11.1. The Balaban J connectivity index is 1.80. The first-order valence-electron chi connectivity index (χ1n) is 7.61. The minimum atomic E-state index is -0.294. The topological polar surface area (TPSA) is 110 Å². The molecule has 2 rings (SSSR count). The fraction of sp³-hybridized carbons (Fsp3) is 0.438. The van der Waals surface area contributed by atoms with Gasteiger partial charge in [0.15, 0.2) is 5.82 Å². The lowest BCUT2D eigenvalue weighted by Gasteiger charge is -2.16. The summed E-state index contributed by atoms with van der Waals surface area (Å²) in [5.74, 6) is 0.593. The van der Waals surface area contributed by atoms with Crippen molar-refractivity contribution in [3.63, 3.8) is 0 Å². The number of aromatic nitrogens is 3. The second-order valence-electron chi connectivity index (χ2n) is 6.56. The molecule has 8 nitrogen and oxygen atoms in total. The number of nitrogens with one attached hydrogen (secondary N) is 2. The van der Waals surface area contributed by atoms with E-state index < -0.39 is 0 Å². The van der Waals surface area contributed by atoms with Gasteiger partial charge in [-0.15, -0.1) is 0 Å². The molecule has 0 radical (unpaired) electrons. The SMILES string of the molecule is CC(C)(C)CC(=O)NCc1nc(CC(=O)Nc2ccccn2)no1. The monoisotopic (exact) mass is 331 g/mol. The van der Waals surface area contributed by atoms with E-state index in [0.717, 1.165) is 0 Å². The molecule has 0 fully saturated rings. The van der Waals surface area contributed by atoms with Gasteiger partial charge in [-0.1, -0.05) is 32.0 Å². The van der Waals surface area contributed by atoms with Gasteiger partial charge in [0, 0.05) is 12.6 Å². The third-order valence-electron chi connectivity index (χ3n) is 2.89. The average Bonchev–Trinajstić information content (AvgIpc) is 2.92. The molecule has 24 heavy (non-hydrogen) atoms. The van der Waals surface area contributed by atoms with E-state index in [1.165, 1.54) is 0 Å². The number of hydrogen-bond donors (Lipinski definition) is 2.